The highest BCUT2D eigenvalue weighted by Gasteiger charge is 2.38. The quantitative estimate of drug-likeness (QED) is 0.814. The summed E-state index contributed by atoms with van der Waals surface area (Å²) < 4.78 is 0. The molecule has 16 heavy (non-hydrogen) atoms. The summed E-state index contributed by atoms with van der Waals surface area (Å²) in [4.78, 5) is 7.76. The fourth-order valence-corrected chi connectivity index (χ4v) is 2.83. The summed E-state index contributed by atoms with van der Waals surface area (Å²) in [5.74, 6) is 1.14. The van der Waals surface area contributed by atoms with Crippen LogP contribution in [0.2, 0.25) is 0 Å². The van der Waals surface area contributed by atoms with Crippen LogP contribution in [0.3, 0.4) is 0 Å². The van der Waals surface area contributed by atoms with Gasteiger partial charge in [0.05, 0.1) is 0 Å². The van der Waals surface area contributed by atoms with Crippen LogP contribution in [-0.2, 0) is 18.3 Å². The lowest BCUT2D eigenvalue weighted by Gasteiger charge is -2.24. The highest BCUT2D eigenvalue weighted by Crippen LogP contribution is 2.40. The first-order valence-electron chi connectivity index (χ1n) is 5.91. The van der Waals surface area contributed by atoms with E-state index in [4.69, 9.17) is 0 Å². The van der Waals surface area contributed by atoms with Crippen molar-refractivity contribution in [2.75, 3.05) is 0 Å². The molecule has 3 rings (SSSR count). The van der Waals surface area contributed by atoms with Gasteiger partial charge in [-0.25, -0.2) is 4.98 Å². The van der Waals surface area contributed by atoms with Crippen molar-refractivity contribution < 1.29 is 0 Å². The smallest absolute Gasteiger partial charge is 0.112 e. The van der Waals surface area contributed by atoms with Gasteiger partial charge in [0.2, 0.25) is 0 Å². The molecule has 0 unspecified atom stereocenters. The van der Waals surface area contributed by atoms with Crippen LogP contribution in [0.1, 0.15) is 30.3 Å². The van der Waals surface area contributed by atoms with E-state index in [0.29, 0.717) is 0 Å². The molecule has 82 valence electrons. The number of fused-ring (bicyclic) bond motifs is 1. The molecule has 0 radical (unpaired) electrons. The Labute approximate surface area is 95.7 Å². The zero-order chi connectivity index (χ0) is 11.0. The Kier molecular flexibility index (Phi) is 2.10. The molecule has 0 atom stereocenters. The third-order valence-corrected chi connectivity index (χ3v) is 3.85. The lowest BCUT2D eigenvalue weighted by molar-refractivity contribution is 0.411. The van der Waals surface area contributed by atoms with Gasteiger partial charge < -0.3 is 4.98 Å². The molecule has 0 bridgehead atoms. The molecule has 0 saturated heterocycles. The van der Waals surface area contributed by atoms with Gasteiger partial charge >= 0.3 is 0 Å². The zero-order valence-corrected chi connectivity index (χ0v) is 9.53. The van der Waals surface area contributed by atoms with Gasteiger partial charge in [0, 0.05) is 17.8 Å². The van der Waals surface area contributed by atoms with Crippen LogP contribution in [0.5, 0.6) is 0 Å². The van der Waals surface area contributed by atoms with Crippen LogP contribution in [-0.4, -0.2) is 9.97 Å². The van der Waals surface area contributed by atoms with E-state index in [1.165, 1.54) is 11.1 Å². The van der Waals surface area contributed by atoms with Crippen LogP contribution in [0.25, 0.3) is 0 Å². The summed E-state index contributed by atoms with van der Waals surface area (Å²) in [5, 5.41) is 0. The summed E-state index contributed by atoms with van der Waals surface area (Å²) in [6, 6.07) is 8.75. The fraction of sp³-hybridized carbons (Fsp3) is 0.357. The molecule has 0 aliphatic heterocycles. The molecule has 1 N–H and O–H groups in total. The van der Waals surface area contributed by atoms with Gasteiger partial charge in [-0.1, -0.05) is 31.2 Å². The maximum atomic E-state index is 4.47. The number of hydrogen-bond acceptors (Lipinski definition) is 1. The Morgan fingerprint density at radius 2 is 1.94 bits per heavy atom. The lowest BCUT2D eigenvalue weighted by Crippen LogP contribution is -2.27. The number of nitrogens with one attached hydrogen (secondary N) is 1. The van der Waals surface area contributed by atoms with Gasteiger partial charge in [-0.15, -0.1) is 0 Å². The van der Waals surface area contributed by atoms with E-state index in [1.54, 1.807) is 0 Å². The normalized spacial score (nSPS) is 17.3. The van der Waals surface area contributed by atoms with E-state index in [-0.39, 0.29) is 5.41 Å². The Morgan fingerprint density at radius 1 is 1.25 bits per heavy atom. The summed E-state index contributed by atoms with van der Waals surface area (Å²) in [6.45, 7) is 2.26. The molecule has 1 aliphatic carbocycles. The monoisotopic (exact) mass is 212 g/mol. The van der Waals surface area contributed by atoms with Crippen molar-refractivity contribution >= 4 is 0 Å². The Balaban J connectivity index is 2.03. The predicted octanol–water partition coefficient (Wildman–Crippen LogP) is 2.86. The van der Waals surface area contributed by atoms with Gasteiger partial charge in [-0.2, -0.15) is 0 Å². The Bertz CT molecular complexity index is 460. The van der Waals surface area contributed by atoms with Crippen molar-refractivity contribution in [1.29, 1.82) is 0 Å². The molecule has 2 heteroatoms. The molecular formula is C14H16N2. The largest absolute Gasteiger partial charge is 0.348 e. The molecule has 0 saturated carbocycles. The summed E-state index contributed by atoms with van der Waals surface area (Å²) >= 11 is 0. The zero-order valence-electron chi connectivity index (χ0n) is 9.53. The van der Waals surface area contributed by atoms with Crippen LogP contribution in [0, 0.1) is 0 Å². The maximum Gasteiger partial charge on any atom is 0.112 e. The van der Waals surface area contributed by atoms with Crippen molar-refractivity contribution in [2.45, 2.75) is 31.6 Å². The van der Waals surface area contributed by atoms with E-state index in [9.17, 15) is 0 Å². The van der Waals surface area contributed by atoms with Crippen molar-refractivity contribution in [1.82, 2.24) is 9.97 Å². The Hall–Kier alpha value is -1.57. The standard InChI is InChI=1S/C14H16N2/c1-2-14(13-15-7-8-16-13)9-11-5-3-4-6-12(11)10-14/h3-8H,2,9-10H2,1H3,(H,15,16). The first-order chi connectivity index (χ1) is 7.84. The van der Waals surface area contributed by atoms with Gasteiger partial charge in [-0.3, -0.25) is 0 Å². The maximum absolute atomic E-state index is 4.47. The third-order valence-electron chi connectivity index (χ3n) is 3.85. The van der Waals surface area contributed by atoms with Gasteiger partial charge in [-0.05, 0) is 30.4 Å². The number of rotatable bonds is 2. The number of H-pyrrole nitrogens is 1. The third kappa shape index (κ3) is 1.29. The lowest BCUT2D eigenvalue weighted by atomic mass is 9.81. The van der Waals surface area contributed by atoms with Gasteiger partial charge in [0.25, 0.3) is 0 Å². The number of hydrogen-bond donors (Lipinski definition) is 1. The van der Waals surface area contributed by atoms with E-state index in [0.717, 1.165) is 25.1 Å². The average Bonchev–Trinajstić information content (AvgIpc) is 2.96. The second kappa shape index (κ2) is 3.48. The van der Waals surface area contributed by atoms with Gasteiger partial charge in [0.1, 0.15) is 5.82 Å². The molecule has 1 heterocycles. The minimum Gasteiger partial charge on any atom is -0.348 e. The Morgan fingerprint density at radius 3 is 2.44 bits per heavy atom. The summed E-state index contributed by atoms with van der Waals surface area (Å²) in [7, 11) is 0. The molecule has 2 aromatic rings. The van der Waals surface area contributed by atoms with E-state index >= 15 is 0 Å². The molecule has 2 nitrogen and oxygen atoms in total. The SMILES string of the molecule is CCC1(c2ncc[nH]2)Cc2ccccc2C1. The highest BCUT2D eigenvalue weighted by atomic mass is 14.9. The van der Waals surface area contributed by atoms with E-state index in [2.05, 4.69) is 41.2 Å². The number of aromatic nitrogens is 2. The molecule has 0 fully saturated rings. The molecule has 0 spiro atoms. The number of benzene rings is 1. The van der Waals surface area contributed by atoms with Crippen LogP contribution in [0.15, 0.2) is 36.7 Å². The number of aromatic amines is 1. The van der Waals surface area contributed by atoms with Crippen molar-refractivity contribution in [3.63, 3.8) is 0 Å². The van der Waals surface area contributed by atoms with Crippen LogP contribution in [0.4, 0.5) is 0 Å². The molecule has 1 aromatic carbocycles. The fourth-order valence-electron chi connectivity index (χ4n) is 2.83. The van der Waals surface area contributed by atoms with E-state index in [1.807, 2.05) is 12.4 Å². The minimum absolute atomic E-state index is 0.202. The van der Waals surface area contributed by atoms with Crippen LogP contribution < -0.4 is 0 Å². The molecule has 0 amide bonds. The van der Waals surface area contributed by atoms with E-state index < -0.39 is 0 Å². The first-order valence-corrected chi connectivity index (χ1v) is 5.91. The average molecular weight is 212 g/mol. The summed E-state index contributed by atoms with van der Waals surface area (Å²) in [6.07, 6.45) is 7.15. The minimum atomic E-state index is 0.202. The molecular weight excluding hydrogens is 196 g/mol. The van der Waals surface area contributed by atoms with Crippen LogP contribution >= 0.6 is 0 Å². The highest BCUT2D eigenvalue weighted by molar-refractivity contribution is 5.38. The number of imidazole rings is 1. The summed E-state index contributed by atoms with van der Waals surface area (Å²) in [5.41, 5.74) is 3.18. The second-order valence-corrected chi connectivity index (χ2v) is 4.69. The number of nitrogens with zero attached hydrogens (tertiary/aromatic N) is 1. The van der Waals surface area contributed by atoms with Crippen molar-refractivity contribution in [3.8, 4) is 0 Å². The van der Waals surface area contributed by atoms with Gasteiger partial charge in [0.15, 0.2) is 0 Å². The topological polar surface area (TPSA) is 28.7 Å². The van der Waals surface area contributed by atoms with Crippen molar-refractivity contribution in [3.05, 3.63) is 53.6 Å². The predicted molar refractivity (Wildman–Crippen MR) is 64.4 cm³/mol. The molecule has 1 aliphatic rings. The molecule has 1 aromatic heterocycles. The van der Waals surface area contributed by atoms with Crippen molar-refractivity contribution in [2.24, 2.45) is 0 Å². The second-order valence-electron chi connectivity index (χ2n) is 4.69. The first kappa shape index (κ1) is 9.64.